The molecule has 0 rings (SSSR count). The van der Waals surface area contributed by atoms with E-state index in [0.717, 1.165) is 13.2 Å². The number of alkyl halides is 3. The van der Waals surface area contributed by atoms with Crippen molar-refractivity contribution in [3.05, 3.63) is 12.7 Å². The maximum Gasteiger partial charge on any atom is 0.402 e. The molecular weight excluding hydrogens is 173 g/mol. The zero-order valence-electron chi connectivity index (χ0n) is 6.52. The Kier molecular flexibility index (Phi) is 3.79. The predicted molar refractivity (Wildman–Crippen MR) is 36.4 cm³/mol. The van der Waals surface area contributed by atoms with Crippen LogP contribution < -0.4 is 0 Å². The van der Waals surface area contributed by atoms with Crippen molar-refractivity contribution in [3.8, 4) is 0 Å². The van der Waals surface area contributed by atoms with Gasteiger partial charge in [0.05, 0.1) is 7.11 Å². The number of rotatable bonds is 3. The Labute approximate surface area is 68.0 Å². The van der Waals surface area contributed by atoms with Crippen LogP contribution in [0.4, 0.5) is 13.2 Å². The van der Waals surface area contributed by atoms with Crippen LogP contribution in [0.15, 0.2) is 12.7 Å². The van der Waals surface area contributed by atoms with E-state index in [2.05, 4.69) is 11.3 Å². The third kappa shape index (κ3) is 2.94. The zero-order valence-corrected chi connectivity index (χ0v) is 6.52. The van der Waals surface area contributed by atoms with Crippen molar-refractivity contribution in [2.24, 2.45) is 5.92 Å². The fourth-order valence-electron chi connectivity index (χ4n) is 0.672. The number of hydrogen-bond acceptors (Lipinski definition) is 2. The Balaban J connectivity index is 4.43. The molecule has 1 unspecified atom stereocenters. The van der Waals surface area contributed by atoms with Gasteiger partial charge >= 0.3 is 12.1 Å². The highest BCUT2D eigenvalue weighted by atomic mass is 19.4. The lowest BCUT2D eigenvalue weighted by molar-refractivity contribution is -0.195. The number of esters is 1. The summed E-state index contributed by atoms with van der Waals surface area (Å²) in [7, 11) is 0.921. The van der Waals surface area contributed by atoms with Gasteiger partial charge in [-0.05, 0) is 6.42 Å². The van der Waals surface area contributed by atoms with Crippen LogP contribution in [0.3, 0.4) is 0 Å². The van der Waals surface area contributed by atoms with E-state index < -0.39 is 24.5 Å². The summed E-state index contributed by atoms with van der Waals surface area (Å²) in [6.45, 7) is 3.12. The van der Waals surface area contributed by atoms with Crippen molar-refractivity contribution >= 4 is 5.97 Å². The van der Waals surface area contributed by atoms with Crippen molar-refractivity contribution in [2.45, 2.75) is 12.6 Å². The molecule has 0 aliphatic heterocycles. The quantitative estimate of drug-likeness (QED) is 0.492. The fraction of sp³-hybridized carbons (Fsp3) is 0.571. The Morgan fingerprint density at radius 3 is 2.42 bits per heavy atom. The first-order chi connectivity index (χ1) is 5.43. The molecule has 0 aliphatic rings. The zero-order chi connectivity index (χ0) is 9.78. The monoisotopic (exact) mass is 182 g/mol. The minimum atomic E-state index is -4.55. The van der Waals surface area contributed by atoms with Gasteiger partial charge in [-0.3, -0.25) is 4.79 Å². The first kappa shape index (κ1) is 11.0. The third-order valence-electron chi connectivity index (χ3n) is 1.28. The SMILES string of the molecule is C=CCC(C(=O)OC)C(F)(F)F. The van der Waals surface area contributed by atoms with Crippen LogP contribution in [0, 0.1) is 5.92 Å². The molecule has 0 aromatic carbocycles. The molecule has 0 aromatic rings. The molecule has 5 heteroatoms. The summed E-state index contributed by atoms with van der Waals surface area (Å²) < 4.78 is 40.0. The van der Waals surface area contributed by atoms with Gasteiger partial charge in [0.1, 0.15) is 0 Å². The Bertz CT molecular complexity index is 174. The van der Waals surface area contributed by atoms with E-state index in [0.29, 0.717) is 0 Å². The smallest absolute Gasteiger partial charge is 0.402 e. The highest BCUT2D eigenvalue weighted by Crippen LogP contribution is 2.29. The van der Waals surface area contributed by atoms with Crippen molar-refractivity contribution in [1.29, 1.82) is 0 Å². The Hall–Kier alpha value is -1.00. The van der Waals surface area contributed by atoms with Crippen LogP contribution in [-0.2, 0) is 9.53 Å². The predicted octanol–water partition coefficient (Wildman–Crippen LogP) is 1.91. The maximum absolute atomic E-state index is 12.0. The van der Waals surface area contributed by atoms with Gasteiger partial charge in [0.15, 0.2) is 5.92 Å². The van der Waals surface area contributed by atoms with E-state index >= 15 is 0 Å². The standard InChI is InChI=1S/C7H9F3O2/c1-3-4-5(6(11)12-2)7(8,9)10/h3,5H,1,4H2,2H3. The second-order valence-electron chi connectivity index (χ2n) is 2.14. The lowest BCUT2D eigenvalue weighted by atomic mass is 10.1. The van der Waals surface area contributed by atoms with Gasteiger partial charge < -0.3 is 4.74 Å². The van der Waals surface area contributed by atoms with Gasteiger partial charge in [-0.15, -0.1) is 6.58 Å². The van der Waals surface area contributed by atoms with E-state index in [1.54, 1.807) is 0 Å². The van der Waals surface area contributed by atoms with E-state index in [1.807, 2.05) is 0 Å². The van der Waals surface area contributed by atoms with Gasteiger partial charge in [0.25, 0.3) is 0 Å². The van der Waals surface area contributed by atoms with Crippen LogP contribution in [0.25, 0.3) is 0 Å². The average Bonchev–Trinajstić information content (AvgIpc) is 1.96. The molecule has 0 saturated heterocycles. The maximum atomic E-state index is 12.0. The van der Waals surface area contributed by atoms with Gasteiger partial charge in [0.2, 0.25) is 0 Å². The third-order valence-corrected chi connectivity index (χ3v) is 1.28. The summed E-state index contributed by atoms with van der Waals surface area (Å²) in [4.78, 5) is 10.6. The van der Waals surface area contributed by atoms with Crippen molar-refractivity contribution in [2.75, 3.05) is 7.11 Å². The van der Waals surface area contributed by atoms with Crippen LogP contribution in [-0.4, -0.2) is 19.3 Å². The van der Waals surface area contributed by atoms with Gasteiger partial charge in [0, 0.05) is 0 Å². The van der Waals surface area contributed by atoms with E-state index in [1.165, 1.54) is 0 Å². The average molecular weight is 182 g/mol. The lowest BCUT2D eigenvalue weighted by Gasteiger charge is -2.15. The summed E-state index contributed by atoms with van der Waals surface area (Å²) >= 11 is 0. The van der Waals surface area contributed by atoms with Gasteiger partial charge in [-0.25, -0.2) is 0 Å². The molecule has 0 heterocycles. The van der Waals surface area contributed by atoms with E-state index in [-0.39, 0.29) is 0 Å². The number of allylic oxidation sites excluding steroid dienone is 1. The molecule has 12 heavy (non-hydrogen) atoms. The number of hydrogen-bond donors (Lipinski definition) is 0. The summed E-state index contributed by atoms with van der Waals surface area (Å²) in [5, 5.41) is 0. The highest BCUT2D eigenvalue weighted by molar-refractivity contribution is 5.73. The van der Waals surface area contributed by atoms with E-state index in [4.69, 9.17) is 0 Å². The summed E-state index contributed by atoms with van der Waals surface area (Å²) in [6.07, 6.45) is -3.97. The van der Waals surface area contributed by atoms with Crippen molar-refractivity contribution in [1.82, 2.24) is 0 Å². The molecular formula is C7H9F3O2. The molecule has 0 aliphatic carbocycles. The Morgan fingerprint density at radius 2 is 2.17 bits per heavy atom. The number of ether oxygens (including phenoxy) is 1. The molecule has 0 radical (unpaired) electrons. The summed E-state index contributed by atoms with van der Waals surface area (Å²) in [5.41, 5.74) is 0. The lowest BCUT2D eigenvalue weighted by Crippen LogP contribution is -2.31. The molecule has 0 bridgehead atoms. The minimum Gasteiger partial charge on any atom is -0.469 e. The second kappa shape index (κ2) is 4.13. The first-order valence-electron chi connectivity index (χ1n) is 3.19. The normalized spacial score (nSPS) is 13.7. The summed E-state index contributed by atoms with van der Waals surface area (Å²) in [6, 6.07) is 0. The molecule has 0 amide bonds. The molecule has 70 valence electrons. The number of halogens is 3. The summed E-state index contributed by atoms with van der Waals surface area (Å²) in [5.74, 6) is -3.36. The Morgan fingerprint density at radius 1 is 1.67 bits per heavy atom. The first-order valence-corrected chi connectivity index (χ1v) is 3.19. The number of carbonyl (C=O) groups excluding carboxylic acids is 1. The topological polar surface area (TPSA) is 26.3 Å². The minimum absolute atomic E-state index is 0.448. The van der Waals surface area contributed by atoms with Gasteiger partial charge in [-0.1, -0.05) is 6.08 Å². The molecule has 0 N–H and O–H groups in total. The molecule has 2 nitrogen and oxygen atoms in total. The van der Waals surface area contributed by atoms with Crippen LogP contribution in [0.5, 0.6) is 0 Å². The van der Waals surface area contributed by atoms with Gasteiger partial charge in [-0.2, -0.15) is 13.2 Å². The molecule has 0 saturated carbocycles. The number of carbonyl (C=O) groups is 1. The molecule has 0 spiro atoms. The fourth-order valence-corrected chi connectivity index (χ4v) is 0.672. The highest BCUT2D eigenvalue weighted by Gasteiger charge is 2.44. The molecule has 0 aromatic heterocycles. The largest absolute Gasteiger partial charge is 0.469 e. The molecule has 0 fully saturated rings. The molecule has 1 atom stereocenters. The number of methoxy groups -OCH3 is 1. The second-order valence-corrected chi connectivity index (χ2v) is 2.14. The van der Waals surface area contributed by atoms with E-state index in [9.17, 15) is 18.0 Å². The van der Waals surface area contributed by atoms with Crippen molar-refractivity contribution in [3.63, 3.8) is 0 Å². The van der Waals surface area contributed by atoms with Crippen molar-refractivity contribution < 1.29 is 22.7 Å². The van der Waals surface area contributed by atoms with Crippen LogP contribution in [0.2, 0.25) is 0 Å². The van der Waals surface area contributed by atoms with Crippen LogP contribution >= 0.6 is 0 Å². The van der Waals surface area contributed by atoms with Crippen LogP contribution in [0.1, 0.15) is 6.42 Å².